The van der Waals surface area contributed by atoms with E-state index in [1.807, 2.05) is 6.92 Å². The summed E-state index contributed by atoms with van der Waals surface area (Å²) in [5.74, 6) is -1.12. The Morgan fingerprint density at radius 2 is 1.93 bits per heavy atom. The highest BCUT2D eigenvalue weighted by molar-refractivity contribution is 5.84. The summed E-state index contributed by atoms with van der Waals surface area (Å²) in [6, 6.07) is 3.13. The van der Waals surface area contributed by atoms with Gasteiger partial charge >= 0.3 is 0 Å². The molecule has 152 valence electrons. The maximum atomic E-state index is 13.5. The standard InChI is InChI=1S/C18H28F2N4O3/c1-4-26-10-5-8-21-18(23-13-17(25)24(2)3)22-9-11-27-16-7-6-14(19)12-15(16)20/h6-7,12H,4-5,8-11,13H2,1-3H3,(H2,21,22,23). The molecule has 1 rings (SSSR count). The first-order valence-corrected chi connectivity index (χ1v) is 8.82. The van der Waals surface area contributed by atoms with Crippen molar-refractivity contribution in [1.82, 2.24) is 15.5 Å². The van der Waals surface area contributed by atoms with Gasteiger partial charge < -0.3 is 25.0 Å². The van der Waals surface area contributed by atoms with Crippen LogP contribution in [0.4, 0.5) is 8.78 Å². The van der Waals surface area contributed by atoms with E-state index in [1.165, 1.54) is 11.0 Å². The van der Waals surface area contributed by atoms with Gasteiger partial charge in [-0.2, -0.15) is 0 Å². The minimum Gasteiger partial charge on any atom is -0.489 e. The molecule has 0 unspecified atom stereocenters. The Kier molecular flexibility index (Phi) is 10.8. The molecule has 0 bridgehead atoms. The van der Waals surface area contributed by atoms with Crippen molar-refractivity contribution in [1.29, 1.82) is 0 Å². The van der Waals surface area contributed by atoms with Gasteiger partial charge in [0.1, 0.15) is 19.0 Å². The Morgan fingerprint density at radius 1 is 1.19 bits per heavy atom. The lowest BCUT2D eigenvalue weighted by Crippen LogP contribution is -2.41. The van der Waals surface area contributed by atoms with Gasteiger partial charge in [-0.3, -0.25) is 4.79 Å². The number of guanidine groups is 1. The molecule has 0 saturated heterocycles. The van der Waals surface area contributed by atoms with Crippen LogP contribution < -0.4 is 15.4 Å². The molecule has 0 fully saturated rings. The van der Waals surface area contributed by atoms with Gasteiger partial charge in [-0.25, -0.2) is 13.8 Å². The van der Waals surface area contributed by atoms with Crippen molar-refractivity contribution < 1.29 is 23.0 Å². The molecule has 0 aromatic heterocycles. The topological polar surface area (TPSA) is 75.2 Å². The van der Waals surface area contributed by atoms with Gasteiger partial charge in [0, 0.05) is 39.9 Å². The van der Waals surface area contributed by atoms with Crippen molar-refractivity contribution in [3.05, 3.63) is 29.8 Å². The number of halogens is 2. The molecule has 0 atom stereocenters. The summed E-state index contributed by atoms with van der Waals surface area (Å²) >= 11 is 0. The van der Waals surface area contributed by atoms with Gasteiger partial charge in [-0.1, -0.05) is 0 Å². The van der Waals surface area contributed by atoms with Crippen LogP contribution in [0.25, 0.3) is 0 Å². The van der Waals surface area contributed by atoms with Crippen LogP contribution in [0.1, 0.15) is 13.3 Å². The fourth-order valence-corrected chi connectivity index (χ4v) is 1.91. The van der Waals surface area contributed by atoms with E-state index in [-0.39, 0.29) is 24.8 Å². The van der Waals surface area contributed by atoms with Crippen molar-refractivity contribution in [2.75, 3.05) is 53.6 Å². The second-order valence-electron chi connectivity index (χ2n) is 5.78. The number of carbonyl (C=O) groups excluding carboxylic acids is 1. The number of ether oxygens (including phenoxy) is 2. The van der Waals surface area contributed by atoms with Crippen molar-refractivity contribution in [2.45, 2.75) is 13.3 Å². The Balaban J connectivity index is 2.46. The molecule has 0 aliphatic rings. The molecule has 1 aromatic rings. The Labute approximate surface area is 158 Å². The summed E-state index contributed by atoms with van der Waals surface area (Å²) < 4.78 is 36.9. The van der Waals surface area contributed by atoms with Gasteiger partial charge in [0.25, 0.3) is 0 Å². The summed E-state index contributed by atoms with van der Waals surface area (Å²) in [4.78, 5) is 17.4. The van der Waals surface area contributed by atoms with E-state index < -0.39 is 11.6 Å². The molecule has 0 aliphatic heterocycles. The van der Waals surface area contributed by atoms with Crippen molar-refractivity contribution in [2.24, 2.45) is 4.99 Å². The molecule has 0 aliphatic carbocycles. The van der Waals surface area contributed by atoms with E-state index in [0.29, 0.717) is 32.3 Å². The lowest BCUT2D eigenvalue weighted by atomic mass is 10.3. The summed E-state index contributed by atoms with van der Waals surface area (Å²) in [6.07, 6.45) is 0.785. The SMILES string of the molecule is CCOCCCNC(=NCC(=O)N(C)C)NCCOc1ccc(F)cc1F. The Hall–Kier alpha value is -2.42. The first-order chi connectivity index (χ1) is 12.9. The molecule has 0 heterocycles. The first kappa shape index (κ1) is 22.6. The highest BCUT2D eigenvalue weighted by atomic mass is 19.1. The van der Waals surface area contributed by atoms with Crippen LogP contribution in [0.5, 0.6) is 5.75 Å². The highest BCUT2D eigenvalue weighted by Crippen LogP contribution is 2.17. The summed E-state index contributed by atoms with van der Waals surface area (Å²) in [7, 11) is 3.32. The van der Waals surface area contributed by atoms with E-state index in [1.54, 1.807) is 14.1 Å². The van der Waals surface area contributed by atoms with Crippen LogP contribution in [0.15, 0.2) is 23.2 Å². The molecule has 0 radical (unpaired) electrons. The summed E-state index contributed by atoms with van der Waals surface area (Å²) in [5.41, 5.74) is 0. The molecule has 9 heteroatoms. The normalized spacial score (nSPS) is 11.2. The van der Waals surface area contributed by atoms with Crippen LogP contribution >= 0.6 is 0 Å². The molecule has 0 saturated carbocycles. The molecule has 1 aromatic carbocycles. The zero-order valence-electron chi connectivity index (χ0n) is 16.1. The van der Waals surface area contributed by atoms with Gasteiger partial charge in [0.15, 0.2) is 17.5 Å². The highest BCUT2D eigenvalue weighted by Gasteiger charge is 2.06. The zero-order valence-corrected chi connectivity index (χ0v) is 16.1. The van der Waals surface area contributed by atoms with Crippen LogP contribution in [-0.4, -0.2) is 70.3 Å². The maximum absolute atomic E-state index is 13.5. The number of aliphatic imine (C=N–C) groups is 1. The van der Waals surface area contributed by atoms with E-state index in [9.17, 15) is 13.6 Å². The van der Waals surface area contributed by atoms with Crippen molar-refractivity contribution in [3.8, 4) is 5.75 Å². The fraction of sp³-hybridized carbons (Fsp3) is 0.556. The van der Waals surface area contributed by atoms with Crippen LogP contribution in [0.2, 0.25) is 0 Å². The van der Waals surface area contributed by atoms with E-state index >= 15 is 0 Å². The molecular weight excluding hydrogens is 358 g/mol. The molecular formula is C18H28F2N4O3. The van der Waals surface area contributed by atoms with E-state index in [4.69, 9.17) is 9.47 Å². The third-order valence-corrected chi connectivity index (χ3v) is 3.38. The van der Waals surface area contributed by atoms with Crippen molar-refractivity contribution >= 4 is 11.9 Å². The third kappa shape index (κ3) is 9.74. The number of likely N-dealkylation sites (N-methyl/N-ethyl adjacent to an activating group) is 1. The number of nitrogens with one attached hydrogen (secondary N) is 2. The number of rotatable bonds is 11. The van der Waals surface area contributed by atoms with Crippen LogP contribution in [0, 0.1) is 11.6 Å². The predicted octanol–water partition coefficient (Wildman–Crippen LogP) is 1.39. The lowest BCUT2D eigenvalue weighted by molar-refractivity contribution is -0.127. The summed E-state index contributed by atoms with van der Waals surface area (Å²) in [5, 5.41) is 6.11. The quantitative estimate of drug-likeness (QED) is 0.342. The lowest BCUT2D eigenvalue weighted by Gasteiger charge is -2.14. The Bertz CT molecular complexity index is 612. The average molecular weight is 386 g/mol. The molecule has 1 amide bonds. The number of benzene rings is 1. The minimum atomic E-state index is -0.755. The van der Waals surface area contributed by atoms with Gasteiger partial charge in [0.05, 0.1) is 6.54 Å². The maximum Gasteiger partial charge on any atom is 0.243 e. The smallest absolute Gasteiger partial charge is 0.243 e. The molecule has 27 heavy (non-hydrogen) atoms. The van der Waals surface area contributed by atoms with E-state index in [0.717, 1.165) is 18.6 Å². The van der Waals surface area contributed by atoms with E-state index in [2.05, 4.69) is 15.6 Å². The number of nitrogens with zero attached hydrogens (tertiary/aromatic N) is 2. The zero-order chi connectivity index (χ0) is 20.1. The number of carbonyl (C=O) groups is 1. The van der Waals surface area contributed by atoms with Crippen molar-refractivity contribution in [3.63, 3.8) is 0 Å². The number of hydrogen-bond donors (Lipinski definition) is 2. The minimum absolute atomic E-state index is 0.00123. The molecule has 2 N–H and O–H groups in total. The van der Waals surface area contributed by atoms with Crippen LogP contribution in [-0.2, 0) is 9.53 Å². The van der Waals surface area contributed by atoms with Gasteiger partial charge in [-0.15, -0.1) is 0 Å². The molecule has 0 spiro atoms. The second-order valence-corrected chi connectivity index (χ2v) is 5.78. The predicted molar refractivity (Wildman–Crippen MR) is 100.0 cm³/mol. The number of amides is 1. The number of hydrogen-bond acceptors (Lipinski definition) is 4. The third-order valence-electron chi connectivity index (χ3n) is 3.38. The summed E-state index contributed by atoms with van der Waals surface area (Å²) in [6.45, 7) is 4.30. The van der Waals surface area contributed by atoms with Gasteiger partial charge in [-0.05, 0) is 25.5 Å². The average Bonchev–Trinajstić information content (AvgIpc) is 2.63. The largest absolute Gasteiger partial charge is 0.489 e. The monoisotopic (exact) mass is 386 g/mol. The molecule has 7 nitrogen and oxygen atoms in total. The fourth-order valence-electron chi connectivity index (χ4n) is 1.91. The van der Waals surface area contributed by atoms with Crippen LogP contribution in [0.3, 0.4) is 0 Å². The second kappa shape index (κ2) is 12.9. The Morgan fingerprint density at radius 3 is 2.59 bits per heavy atom. The first-order valence-electron chi connectivity index (χ1n) is 8.82. The van der Waals surface area contributed by atoms with Gasteiger partial charge in [0.2, 0.25) is 5.91 Å².